The molecule has 0 atom stereocenters. The molecule has 0 spiro atoms. The van der Waals surface area contributed by atoms with E-state index in [-0.39, 0.29) is 0 Å². The van der Waals surface area contributed by atoms with Gasteiger partial charge in [-0.25, -0.2) is 0 Å². The average Bonchev–Trinajstić information content (AvgIpc) is 2.62. The SMILES string of the molecule is IC1=CC=C(c2ccc3cc(-c4ccccc4)ccc3c2)CC1. The molecule has 0 amide bonds. The fourth-order valence-electron chi connectivity index (χ4n) is 3.11. The summed E-state index contributed by atoms with van der Waals surface area (Å²) in [5.41, 5.74) is 5.35. The summed E-state index contributed by atoms with van der Waals surface area (Å²) in [6.45, 7) is 0. The fourth-order valence-corrected chi connectivity index (χ4v) is 3.56. The Bertz CT molecular complexity index is 917. The van der Waals surface area contributed by atoms with E-state index < -0.39 is 0 Å². The standard InChI is InChI=1S/C22H17I/c23-22-12-10-17(11-13-22)19-7-9-20-14-18(6-8-21(20)15-19)16-4-2-1-3-5-16/h1-10,12,14-15H,11,13H2. The molecule has 0 unspecified atom stereocenters. The molecule has 23 heavy (non-hydrogen) atoms. The first-order valence-electron chi connectivity index (χ1n) is 7.94. The van der Waals surface area contributed by atoms with Gasteiger partial charge in [0.25, 0.3) is 0 Å². The van der Waals surface area contributed by atoms with Gasteiger partial charge < -0.3 is 0 Å². The molecule has 1 heteroatoms. The maximum Gasteiger partial charge on any atom is -0.00906 e. The zero-order valence-corrected chi connectivity index (χ0v) is 15.0. The highest BCUT2D eigenvalue weighted by atomic mass is 127. The van der Waals surface area contributed by atoms with Crippen LogP contribution in [0.1, 0.15) is 18.4 Å². The van der Waals surface area contributed by atoms with E-state index in [9.17, 15) is 0 Å². The third kappa shape index (κ3) is 3.11. The average molecular weight is 408 g/mol. The van der Waals surface area contributed by atoms with Crippen molar-refractivity contribution in [1.29, 1.82) is 0 Å². The van der Waals surface area contributed by atoms with Gasteiger partial charge in [0.2, 0.25) is 0 Å². The molecule has 3 aromatic carbocycles. The predicted octanol–water partition coefficient (Wildman–Crippen LogP) is 7.00. The lowest BCUT2D eigenvalue weighted by Gasteiger charge is -2.13. The Balaban J connectivity index is 1.74. The molecule has 0 saturated carbocycles. The van der Waals surface area contributed by atoms with Crippen LogP contribution >= 0.6 is 22.6 Å². The van der Waals surface area contributed by atoms with Crippen LogP contribution in [-0.4, -0.2) is 0 Å². The maximum atomic E-state index is 2.43. The van der Waals surface area contributed by atoms with Crippen LogP contribution in [-0.2, 0) is 0 Å². The van der Waals surface area contributed by atoms with Gasteiger partial charge in [-0.1, -0.05) is 66.7 Å². The summed E-state index contributed by atoms with van der Waals surface area (Å²) >= 11 is 2.43. The molecule has 1 aliphatic carbocycles. The number of rotatable bonds is 2. The summed E-state index contributed by atoms with van der Waals surface area (Å²) in [4.78, 5) is 0. The Kier molecular flexibility index (Phi) is 4.04. The minimum absolute atomic E-state index is 1.14. The smallest absolute Gasteiger partial charge is 0.00906 e. The van der Waals surface area contributed by atoms with Crippen molar-refractivity contribution in [3.05, 3.63) is 88.0 Å². The van der Waals surface area contributed by atoms with Crippen LogP contribution in [0.4, 0.5) is 0 Å². The van der Waals surface area contributed by atoms with Gasteiger partial charge in [-0.05, 0) is 84.2 Å². The monoisotopic (exact) mass is 408 g/mol. The van der Waals surface area contributed by atoms with E-state index in [2.05, 4.69) is 101 Å². The van der Waals surface area contributed by atoms with Crippen LogP contribution < -0.4 is 0 Å². The van der Waals surface area contributed by atoms with Crippen LogP contribution in [0, 0.1) is 0 Å². The molecule has 4 rings (SSSR count). The van der Waals surface area contributed by atoms with Crippen LogP contribution in [0.2, 0.25) is 0 Å². The molecule has 0 nitrogen and oxygen atoms in total. The first kappa shape index (κ1) is 14.7. The van der Waals surface area contributed by atoms with Crippen molar-refractivity contribution in [2.75, 3.05) is 0 Å². The Morgan fingerprint density at radius 2 is 1.30 bits per heavy atom. The minimum Gasteiger partial charge on any atom is -0.0622 e. The quantitative estimate of drug-likeness (QED) is 0.401. The maximum absolute atomic E-state index is 2.43. The summed E-state index contributed by atoms with van der Waals surface area (Å²) in [5.74, 6) is 0. The van der Waals surface area contributed by atoms with Gasteiger partial charge in [0.05, 0.1) is 0 Å². The van der Waals surface area contributed by atoms with E-state index in [1.54, 1.807) is 0 Å². The first-order chi connectivity index (χ1) is 11.3. The number of hydrogen-bond acceptors (Lipinski definition) is 0. The van der Waals surface area contributed by atoms with Gasteiger partial charge in [0.15, 0.2) is 0 Å². The van der Waals surface area contributed by atoms with E-state index in [0.717, 1.165) is 12.8 Å². The largest absolute Gasteiger partial charge is 0.0622 e. The van der Waals surface area contributed by atoms with Crippen LogP contribution in [0.25, 0.3) is 27.5 Å². The van der Waals surface area contributed by atoms with Gasteiger partial charge in [0, 0.05) is 0 Å². The highest BCUT2D eigenvalue weighted by molar-refractivity contribution is 14.1. The van der Waals surface area contributed by atoms with Crippen molar-refractivity contribution < 1.29 is 0 Å². The van der Waals surface area contributed by atoms with Gasteiger partial charge >= 0.3 is 0 Å². The molecular formula is C22H17I. The van der Waals surface area contributed by atoms with Crippen LogP contribution in [0.15, 0.2) is 82.5 Å². The molecule has 0 bridgehead atoms. The second-order valence-electron chi connectivity index (χ2n) is 5.95. The van der Waals surface area contributed by atoms with Crippen LogP contribution in [0.3, 0.4) is 0 Å². The molecule has 0 saturated heterocycles. The summed E-state index contributed by atoms with van der Waals surface area (Å²) in [7, 11) is 0. The van der Waals surface area contributed by atoms with E-state index >= 15 is 0 Å². The van der Waals surface area contributed by atoms with Crippen molar-refractivity contribution in [1.82, 2.24) is 0 Å². The fraction of sp³-hybridized carbons (Fsp3) is 0.0909. The van der Waals surface area contributed by atoms with Crippen molar-refractivity contribution in [2.24, 2.45) is 0 Å². The van der Waals surface area contributed by atoms with E-state index in [0.29, 0.717) is 0 Å². The van der Waals surface area contributed by atoms with Crippen molar-refractivity contribution in [3.63, 3.8) is 0 Å². The summed E-state index contributed by atoms with van der Waals surface area (Å²) in [6.07, 6.45) is 6.81. The van der Waals surface area contributed by atoms with E-state index in [1.807, 2.05) is 0 Å². The van der Waals surface area contributed by atoms with Crippen LogP contribution in [0.5, 0.6) is 0 Å². The third-order valence-corrected chi connectivity index (χ3v) is 5.32. The molecule has 0 N–H and O–H groups in total. The normalized spacial score (nSPS) is 14.5. The number of benzene rings is 3. The second-order valence-corrected chi connectivity index (χ2v) is 7.33. The zero-order valence-electron chi connectivity index (χ0n) is 12.8. The van der Waals surface area contributed by atoms with Crippen molar-refractivity contribution in [2.45, 2.75) is 12.8 Å². The summed E-state index contributed by atoms with van der Waals surface area (Å²) < 4.78 is 1.44. The molecule has 0 aliphatic heterocycles. The Morgan fingerprint density at radius 1 is 0.609 bits per heavy atom. The van der Waals surface area contributed by atoms with Gasteiger partial charge in [-0.2, -0.15) is 0 Å². The lowest BCUT2D eigenvalue weighted by atomic mass is 9.94. The molecule has 112 valence electrons. The Labute approximate surface area is 150 Å². The predicted molar refractivity (Wildman–Crippen MR) is 109 cm³/mol. The van der Waals surface area contributed by atoms with E-state index in [1.165, 1.54) is 36.6 Å². The summed E-state index contributed by atoms with van der Waals surface area (Å²) in [6, 6.07) is 24.1. The molecule has 0 heterocycles. The topological polar surface area (TPSA) is 0 Å². The molecular weight excluding hydrogens is 391 g/mol. The van der Waals surface area contributed by atoms with Crippen molar-refractivity contribution >= 4 is 38.9 Å². The highest BCUT2D eigenvalue weighted by Crippen LogP contribution is 2.32. The van der Waals surface area contributed by atoms with Gasteiger partial charge in [-0.15, -0.1) is 0 Å². The number of hydrogen-bond donors (Lipinski definition) is 0. The van der Waals surface area contributed by atoms with Gasteiger partial charge in [0.1, 0.15) is 0 Å². The third-order valence-electron chi connectivity index (χ3n) is 4.42. The zero-order chi connectivity index (χ0) is 15.6. The highest BCUT2D eigenvalue weighted by Gasteiger charge is 2.08. The summed E-state index contributed by atoms with van der Waals surface area (Å²) in [5, 5.41) is 2.61. The molecule has 0 radical (unpaired) electrons. The molecule has 1 aliphatic rings. The minimum atomic E-state index is 1.14. The number of fused-ring (bicyclic) bond motifs is 1. The Morgan fingerprint density at radius 3 is 2.00 bits per heavy atom. The second kappa shape index (κ2) is 6.32. The number of allylic oxidation sites excluding steroid dienone is 4. The van der Waals surface area contributed by atoms with Crippen molar-refractivity contribution in [3.8, 4) is 11.1 Å². The molecule has 0 fully saturated rings. The van der Waals surface area contributed by atoms with Gasteiger partial charge in [-0.3, -0.25) is 0 Å². The molecule has 0 aromatic heterocycles. The lowest BCUT2D eigenvalue weighted by Crippen LogP contribution is -1.90. The Hall–Kier alpha value is -1.87. The first-order valence-corrected chi connectivity index (χ1v) is 9.02. The number of halogens is 1. The van der Waals surface area contributed by atoms with E-state index in [4.69, 9.17) is 0 Å². The lowest BCUT2D eigenvalue weighted by molar-refractivity contribution is 1.05. The molecule has 3 aromatic rings.